The highest BCUT2D eigenvalue weighted by Gasteiger charge is 2.41. The number of rotatable bonds is 6. The van der Waals surface area contributed by atoms with Gasteiger partial charge in [0.15, 0.2) is 0 Å². The van der Waals surface area contributed by atoms with Crippen molar-refractivity contribution in [3.05, 3.63) is 0 Å². The fourth-order valence-electron chi connectivity index (χ4n) is 2.38. The third-order valence-electron chi connectivity index (χ3n) is 4.28. The molecule has 1 heterocycles. The smallest absolute Gasteiger partial charge is 0.328 e. The molecule has 0 radical (unpaired) electrons. The van der Waals surface area contributed by atoms with Gasteiger partial charge in [-0.15, -0.1) is 0 Å². The lowest BCUT2D eigenvalue weighted by Gasteiger charge is -2.36. The highest BCUT2D eigenvalue weighted by Crippen LogP contribution is 2.30. The van der Waals surface area contributed by atoms with Gasteiger partial charge in [0.25, 0.3) is 0 Å². The summed E-state index contributed by atoms with van der Waals surface area (Å²) in [6, 6.07) is -0.622. The first-order valence-electron chi connectivity index (χ1n) is 7.17. The summed E-state index contributed by atoms with van der Waals surface area (Å²) in [6.45, 7) is 5.20. The largest absolute Gasteiger partial charge is 0.467 e. The van der Waals surface area contributed by atoms with Gasteiger partial charge in [0.2, 0.25) is 5.91 Å². The Morgan fingerprint density at radius 3 is 2.45 bits per heavy atom. The van der Waals surface area contributed by atoms with E-state index in [1.165, 1.54) is 7.11 Å². The molecule has 20 heavy (non-hydrogen) atoms. The number of esters is 1. The zero-order valence-corrected chi connectivity index (χ0v) is 12.6. The second-order valence-electron chi connectivity index (χ2n) is 5.46. The Balaban J connectivity index is 2.80. The Bertz CT molecular complexity index is 340. The van der Waals surface area contributed by atoms with Gasteiger partial charge in [-0.1, -0.05) is 20.3 Å². The van der Waals surface area contributed by atoms with E-state index in [1.807, 2.05) is 13.8 Å². The molecule has 0 saturated carbocycles. The van der Waals surface area contributed by atoms with Crippen molar-refractivity contribution >= 4 is 11.9 Å². The maximum Gasteiger partial charge on any atom is 0.328 e. The normalized spacial score (nSPS) is 20.8. The SMILES string of the molecule is CCC(C)C(NC(=O)C1(CN)CCOCC1)C(=O)OC. The fourth-order valence-corrected chi connectivity index (χ4v) is 2.38. The number of nitrogens with two attached hydrogens (primary N) is 1. The van der Waals surface area contributed by atoms with Crippen LogP contribution in [0.2, 0.25) is 0 Å². The Hall–Kier alpha value is -1.14. The van der Waals surface area contributed by atoms with Gasteiger partial charge < -0.3 is 20.5 Å². The average molecular weight is 286 g/mol. The minimum absolute atomic E-state index is 0.0149. The first kappa shape index (κ1) is 16.9. The predicted octanol–water partition coefficient (Wildman–Crippen LogP) is 0.446. The summed E-state index contributed by atoms with van der Waals surface area (Å²) in [5.74, 6) is -0.563. The highest BCUT2D eigenvalue weighted by molar-refractivity contribution is 5.88. The third-order valence-corrected chi connectivity index (χ3v) is 4.28. The van der Waals surface area contributed by atoms with Crippen molar-refractivity contribution in [2.24, 2.45) is 17.1 Å². The molecule has 1 amide bonds. The number of nitrogens with one attached hydrogen (secondary N) is 1. The molecule has 2 unspecified atom stereocenters. The van der Waals surface area contributed by atoms with Gasteiger partial charge >= 0.3 is 5.97 Å². The van der Waals surface area contributed by atoms with E-state index in [0.29, 0.717) is 26.1 Å². The molecule has 6 nitrogen and oxygen atoms in total. The van der Waals surface area contributed by atoms with Crippen molar-refractivity contribution in [3.8, 4) is 0 Å². The van der Waals surface area contributed by atoms with Crippen molar-refractivity contribution in [2.75, 3.05) is 26.9 Å². The number of methoxy groups -OCH3 is 1. The Kier molecular flexibility index (Phi) is 6.42. The molecule has 0 aromatic carbocycles. The van der Waals surface area contributed by atoms with Crippen LogP contribution in [0.1, 0.15) is 33.1 Å². The average Bonchev–Trinajstić information content (AvgIpc) is 2.51. The third kappa shape index (κ3) is 3.70. The van der Waals surface area contributed by atoms with E-state index in [0.717, 1.165) is 6.42 Å². The Morgan fingerprint density at radius 2 is 2.00 bits per heavy atom. The lowest BCUT2D eigenvalue weighted by atomic mass is 9.79. The molecular formula is C14H26N2O4. The number of amides is 1. The van der Waals surface area contributed by atoms with E-state index < -0.39 is 17.4 Å². The van der Waals surface area contributed by atoms with Crippen molar-refractivity contribution in [1.29, 1.82) is 0 Å². The van der Waals surface area contributed by atoms with E-state index in [9.17, 15) is 9.59 Å². The first-order valence-corrected chi connectivity index (χ1v) is 7.17. The van der Waals surface area contributed by atoms with Crippen LogP contribution in [0.5, 0.6) is 0 Å². The van der Waals surface area contributed by atoms with Crippen LogP contribution in [0.15, 0.2) is 0 Å². The van der Waals surface area contributed by atoms with E-state index in [4.69, 9.17) is 15.2 Å². The fraction of sp³-hybridized carbons (Fsp3) is 0.857. The summed E-state index contributed by atoms with van der Waals surface area (Å²) in [4.78, 5) is 24.4. The van der Waals surface area contributed by atoms with Crippen LogP contribution in [-0.2, 0) is 19.1 Å². The molecule has 0 aromatic heterocycles. The van der Waals surface area contributed by atoms with Crippen LogP contribution in [0.3, 0.4) is 0 Å². The van der Waals surface area contributed by atoms with Crippen LogP contribution >= 0.6 is 0 Å². The zero-order valence-electron chi connectivity index (χ0n) is 12.6. The molecule has 0 aromatic rings. The first-order chi connectivity index (χ1) is 9.50. The van der Waals surface area contributed by atoms with Crippen LogP contribution < -0.4 is 11.1 Å². The minimum atomic E-state index is -0.627. The molecule has 1 fully saturated rings. The number of hydrogen-bond donors (Lipinski definition) is 2. The maximum atomic E-state index is 12.5. The summed E-state index contributed by atoms with van der Waals surface area (Å²) >= 11 is 0. The molecule has 1 aliphatic rings. The lowest BCUT2D eigenvalue weighted by molar-refractivity contribution is -0.149. The van der Waals surface area contributed by atoms with Crippen LogP contribution in [0, 0.1) is 11.3 Å². The summed E-state index contributed by atoms with van der Waals surface area (Å²) in [7, 11) is 1.33. The van der Waals surface area contributed by atoms with Gasteiger partial charge in [0.1, 0.15) is 6.04 Å². The molecule has 0 aliphatic carbocycles. The Labute approximate surface area is 120 Å². The van der Waals surface area contributed by atoms with Gasteiger partial charge in [-0.2, -0.15) is 0 Å². The van der Waals surface area contributed by atoms with Gasteiger partial charge in [0.05, 0.1) is 12.5 Å². The van der Waals surface area contributed by atoms with Crippen molar-refractivity contribution in [2.45, 2.75) is 39.2 Å². The zero-order chi connectivity index (χ0) is 15.2. The number of carbonyl (C=O) groups excluding carboxylic acids is 2. The second kappa shape index (κ2) is 7.59. The molecule has 3 N–H and O–H groups in total. The monoisotopic (exact) mass is 286 g/mol. The van der Waals surface area contributed by atoms with Crippen LogP contribution in [0.25, 0.3) is 0 Å². The second-order valence-corrected chi connectivity index (χ2v) is 5.46. The van der Waals surface area contributed by atoms with Crippen LogP contribution in [-0.4, -0.2) is 44.8 Å². The maximum absolute atomic E-state index is 12.5. The van der Waals surface area contributed by atoms with E-state index >= 15 is 0 Å². The quantitative estimate of drug-likeness (QED) is 0.692. The summed E-state index contributed by atoms with van der Waals surface area (Å²) in [5, 5.41) is 2.83. The van der Waals surface area contributed by atoms with Crippen molar-refractivity contribution < 1.29 is 19.1 Å². The minimum Gasteiger partial charge on any atom is -0.467 e. The molecule has 1 saturated heterocycles. The summed E-state index contributed by atoms with van der Waals surface area (Å²) in [5.41, 5.74) is 5.17. The van der Waals surface area contributed by atoms with Gasteiger partial charge in [-0.3, -0.25) is 4.79 Å². The molecular weight excluding hydrogens is 260 g/mol. The molecule has 116 valence electrons. The molecule has 1 rings (SSSR count). The molecule has 0 bridgehead atoms. The van der Waals surface area contributed by atoms with Crippen molar-refractivity contribution in [3.63, 3.8) is 0 Å². The van der Waals surface area contributed by atoms with Gasteiger partial charge in [0, 0.05) is 19.8 Å². The molecule has 1 aliphatic heterocycles. The summed E-state index contributed by atoms with van der Waals surface area (Å²) < 4.78 is 10.1. The number of hydrogen-bond acceptors (Lipinski definition) is 5. The number of ether oxygens (including phenoxy) is 2. The summed E-state index contributed by atoms with van der Waals surface area (Å²) in [6.07, 6.45) is 1.95. The molecule has 0 spiro atoms. The van der Waals surface area contributed by atoms with Gasteiger partial charge in [-0.05, 0) is 18.8 Å². The van der Waals surface area contributed by atoms with Crippen molar-refractivity contribution in [1.82, 2.24) is 5.32 Å². The standard InChI is InChI=1S/C14H26N2O4/c1-4-10(2)11(12(17)19-3)16-13(18)14(9-15)5-7-20-8-6-14/h10-11H,4-9,15H2,1-3H3,(H,16,18). The van der Waals surface area contributed by atoms with E-state index in [-0.39, 0.29) is 18.4 Å². The highest BCUT2D eigenvalue weighted by atomic mass is 16.5. The molecule has 6 heteroatoms. The predicted molar refractivity (Wildman–Crippen MR) is 74.9 cm³/mol. The topological polar surface area (TPSA) is 90.7 Å². The Morgan fingerprint density at radius 1 is 1.40 bits per heavy atom. The number of carbonyl (C=O) groups is 2. The van der Waals surface area contributed by atoms with E-state index in [1.54, 1.807) is 0 Å². The lowest BCUT2D eigenvalue weighted by Crippen LogP contribution is -2.55. The van der Waals surface area contributed by atoms with Gasteiger partial charge in [-0.25, -0.2) is 4.79 Å². The van der Waals surface area contributed by atoms with E-state index in [2.05, 4.69) is 5.32 Å². The molecule has 2 atom stereocenters. The van der Waals surface area contributed by atoms with Crippen LogP contribution in [0.4, 0.5) is 0 Å².